The smallest absolute Gasteiger partial charge is 0.259 e. The molecule has 0 saturated carbocycles. The summed E-state index contributed by atoms with van der Waals surface area (Å²) in [7, 11) is 0. The Balaban J connectivity index is 1.52. The molecule has 4 heterocycles. The summed E-state index contributed by atoms with van der Waals surface area (Å²) in [5, 5.41) is 4.59. The predicted octanol–water partition coefficient (Wildman–Crippen LogP) is 5.38. The first kappa shape index (κ1) is 20.4. The van der Waals surface area contributed by atoms with Gasteiger partial charge in [-0.2, -0.15) is 0 Å². The number of rotatable bonds is 3. The Morgan fingerprint density at radius 2 is 1.82 bits per heavy atom. The van der Waals surface area contributed by atoms with Crippen molar-refractivity contribution in [1.29, 1.82) is 0 Å². The van der Waals surface area contributed by atoms with Crippen molar-refractivity contribution < 1.29 is 13.7 Å². The van der Waals surface area contributed by atoms with Crippen LogP contribution in [0.3, 0.4) is 0 Å². The van der Waals surface area contributed by atoms with E-state index < -0.39 is 5.82 Å². The summed E-state index contributed by atoms with van der Waals surface area (Å²) in [6.45, 7) is 3.00. The summed E-state index contributed by atoms with van der Waals surface area (Å²) in [5.74, 6) is -0.584. The van der Waals surface area contributed by atoms with Gasteiger partial charge in [0.1, 0.15) is 5.82 Å². The van der Waals surface area contributed by atoms with Crippen LogP contribution in [0.25, 0.3) is 22.4 Å². The van der Waals surface area contributed by atoms with Crippen LogP contribution in [0.1, 0.15) is 33.4 Å². The number of fused-ring (bicyclic) bond motifs is 2. The molecule has 0 N–H and O–H groups in total. The van der Waals surface area contributed by atoms with E-state index in [-0.39, 0.29) is 17.7 Å². The standard InChI is InChI=1S/C27H21FN4O2/c1-17-24-20(16-22(29-26(24)34-30-17)19-10-5-6-11-21(19)28)27(33)32-15-14-31-13-7-12-23(31)25(32)18-8-3-2-4-9-18/h2-13,16,25H,14-15H2,1H3. The Morgan fingerprint density at radius 1 is 1.03 bits per heavy atom. The fraction of sp³-hybridized carbons (Fsp3) is 0.148. The van der Waals surface area contributed by atoms with Gasteiger partial charge < -0.3 is 14.0 Å². The van der Waals surface area contributed by atoms with Crippen molar-refractivity contribution in [2.45, 2.75) is 19.5 Å². The third-order valence-electron chi connectivity index (χ3n) is 6.41. The molecule has 0 bridgehead atoms. The average Bonchev–Trinajstić information content (AvgIpc) is 3.50. The van der Waals surface area contributed by atoms with Crippen molar-refractivity contribution in [1.82, 2.24) is 19.6 Å². The van der Waals surface area contributed by atoms with Crippen molar-refractivity contribution in [2.24, 2.45) is 0 Å². The van der Waals surface area contributed by atoms with Gasteiger partial charge in [-0.15, -0.1) is 0 Å². The van der Waals surface area contributed by atoms with Gasteiger partial charge in [-0.3, -0.25) is 4.79 Å². The summed E-state index contributed by atoms with van der Waals surface area (Å²) < 4.78 is 22.2. The number of hydrogen-bond acceptors (Lipinski definition) is 4. The van der Waals surface area contributed by atoms with Gasteiger partial charge in [-0.1, -0.05) is 47.6 Å². The van der Waals surface area contributed by atoms with E-state index in [1.165, 1.54) is 6.07 Å². The second-order valence-electron chi connectivity index (χ2n) is 8.42. The second-order valence-corrected chi connectivity index (χ2v) is 8.42. The molecule has 1 aliphatic rings. The lowest BCUT2D eigenvalue weighted by atomic mass is 9.97. The first-order valence-electron chi connectivity index (χ1n) is 11.1. The minimum absolute atomic E-state index is 0.169. The van der Waals surface area contributed by atoms with Crippen LogP contribution in [0.4, 0.5) is 4.39 Å². The third-order valence-corrected chi connectivity index (χ3v) is 6.41. The second kappa shape index (κ2) is 7.95. The Morgan fingerprint density at radius 3 is 2.65 bits per heavy atom. The molecule has 34 heavy (non-hydrogen) atoms. The van der Waals surface area contributed by atoms with E-state index in [0.717, 1.165) is 11.3 Å². The van der Waals surface area contributed by atoms with Gasteiger partial charge in [0.2, 0.25) is 0 Å². The van der Waals surface area contributed by atoms with Crippen molar-refractivity contribution in [3.8, 4) is 11.3 Å². The monoisotopic (exact) mass is 452 g/mol. The lowest BCUT2D eigenvalue weighted by Crippen LogP contribution is -2.42. The number of carbonyl (C=O) groups is 1. The molecule has 0 saturated heterocycles. The molecule has 0 fully saturated rings. The van der Waals surface area contributed by atoms with Gasteiger partial charge >= 0.3 is 0 Å². The number of hydrogen-bond donors (Lipinski definition) is 0. The molecule has 3 aromatic heterocycles. The summed E-state index contributed by atoms with van der Waals surface area (Å²) in [6.07, 6.45) is 2.04. The molecule has 168 valence electrons. The average molecular weight is 452 g/mol. The maximum atomic E-state index is 14.6. The van der Waals surface area contributed by atoms with E-state index in [2.05, 4.69) is 20.8 Å². The van der Waals surface area contributed by atoms with E-state index in [4.69, 9.17) is 4.52 Å². The van der Waals surface area contributed by atoms with Gasteiger partial charge in [0, 0.05) is 30.5 Å². The fourth-order valence-corrected chi connectivity index (χ4v) is 4.81. The summed E-state index contributed by atoms with van der Waals surface area (Å²) in [6, 6.07) is 21.8. The molecular weight excluding hydrogens is 431 g/mol. The number of pyridine rings is 1. The number of halogens is 1. The van der Waals surface area contributed by atoms with Crippen LogP contribution < -0.4 is 0 Å². The maximum absolute atomic E-state index is 14.6. The van der Waals surface area contributed by atoms with Gasteiger partial charge in [0.25, 0.3) is 11.6 Å². The Labute approximate surface area is 195 Å². The summed E-state index contributed by atoms with van der Waals surface area (Å²) in [5.41, 5.74) is 3.91. The van der Waals surface area contributed by atoms with Crippen molar-refractivity contribution in [3.63, 3.8) is 0 Å². The zero-order chi connectivity index (χ0) is 23.2. The van der Waals surface area contributed by atoms with Crippen LogP contribution in [0.15, 0.2) is 83.5 Å². The molecule has 1 atom stereocenters. The van der Waals surface area contributed by atoms with Crippen molar-refractivity contribution in [3.05, 3.63) is 107 Å². The van der Waals surface area contributed by atoms with Gasteiger partial charge in [0.15, 0.2) is 0 Å². The number of nitrogens with zero attached hydrogens (tertiary/aromatic N) is 4. The van der Waals surface area contributed by atoms with Crippen LogP contribution in [-0.2, 0) is 6.54 Å². The van der Waals surface area contributed by atoms with Crippen molar-refractivity contribution >= 4 is 17.0 Å². The molecule has 6 rings (SSSR count). The van der Waals surface area contributed by atoms with Crippen LogP contribution in [-0.4, -0.2) is 32.1 Å². The molecule has 0 aliphatic carbocycles. The third kappa shape index (κ3) is 3.20. The molecule has 1 aliphatic heterocycles. The minimum atomic E-state index is -0.415. The summed E-state index contributed by atoms with van der Waals surface area (Å²) in [4.78, 5) is 20.5. The molecule has 1 amide bonds. The number of aromatic nitrogens is 3. The Bertz CT molecular complexity index is 1520. The minimum Gasteiger partial charge on any atom is -0.348 e. The van der Waals surface area contributed by atoms with Crippen LogP contribution >= 0.6 is 0 Å². The van der Waals surface area contributed by atoms with E-state index in [0.29, 0.717) is 41.0 Å². The first-order chi connectivity index (χ1) is 16.6. The quantitative estimate of drug-likeness (QED) is 0.369. The van der Waals surface area contributed by atoms with E-state index in [9.17, 15) is 9.18 Å². The van der Waals surface area contributed by atoms with E-state index in [1.54, 1.807) is 31.2 Å². The van der Waals surface area contributed by atoms with Crippen LogP contribution in [0, 0.1) is 12.7 Å². The predicted molar refractivity (Wildman–Crippen MR) is 126 cm³/mol. The topological polar surface area (TPSA) is 64.2 Å². The van der Waals surface area contributed by atoms with Gasteiger partial charge in [-0.05, 0) is 42.8 Å². The highest BCUT2D eigenvalue weighted by Crippen LogP contribution is 2.36. The molecular formula is C27H21FN4O2. The lowest BCUT2D eigenvalue weighted by molar-refractivity contribution is 0.0666. The molecule has 1 unspecified atom stereocenters. The molecule has 2 aromatic carbocycles. The number of amides is 1. The van der Waals surface area contributed by atoms with Gasteiger partial charge in [-0.25, -0.2) is 9.37 Å². The largest absolute Gasteiger partial charge is 0.348 e. The Hall–Kier alpha value is -4.26. The van der Waals surface area contributed by atoms with E-state index in [1.807, 2.05) is 47.5 Å². The zero-order valence-electron chi connectivity index (χ0n) is 18.5. The number of benzene rings is 2. The molecule has 7 heteroatoms. The normalized spacial score (nSPS) is 15.5. The highest BCUT2D eigenvalue weighted by molar-refractivity contribution is 6.07. The number of carbonyl (C=O) groups excluding carboxylic acids is 1. The number of aryl methyl sites for hydroxylation is 1. The molecule has 5 aromatic rings. The first-order valence-corrected chi connectivity index (χ1v) is 11.1. The lowest BCUT2D eigenvalue weighted by Gasteiger charge is -2.37. The molecule has 0 radical (unpaired) electrons. The maximum Gasteiger partial charge on any atom is 0.259 e. The van der Waals surface area contributed by atoms with Crippen LogP contribution in [0.5, 0.6) is 0 Å². The highest BCUT2D eigenvalue weighted by Gasteiger charge is 2.34. The highest BCUT2D eigenvalue weighted by atomic mass is 19.1. The van der Waals surface area contributed by atoms with Crippen molar-refractivity contribution in [2.75, 3.05) is 6.54 Å². The fourth-order valence-electron chi connectivity index (χ4n) is 4.81. The molecule has 0 spiro atoms. The van der Waals surface area contributed by atoms with Gasteiger partial charge in [0.05, 0.1) is 28.4 Å². The SMILES string of the molecule is Cc1noc2nc(-c3ccccc3F)cc(C(=O)N3CCn4cccc4C3c3ccccc3)c12. The van der Waals surface area contributed by atoms with Crippen LogP contribution in [0.2, 0.25) is 0 Å². The Kier molecular flexibility index (Phi) is 4.76. The van der Waals surface area contributed by atoms with E-state index >= 15 is 0 Å². The summed E-state index contributed by atoms with van der Waals surface area (Å²) >= 11 is 0. The molecule has 6 nitrogen and oxygen atoms in total. The zero-order valence-corrected chi connectivity index (χ0v) is 18.5.